The minimum Gasteiger partial charge on any atom is -0.482 e. The molecular formula is C17H17ClFN3O4. The van der Waals surface area contributed by atoms with E-state index in [9.17, 15) is 14.0 Å². The number of carboxylic acid groups (broad SMARTS) is 1. The molecule has 2 heterocycles. The van der Waals surface area contributed by atoms with Crippen LogP contribution in [0.2, 0.25) is 5.02 Å². The first-order chi connectivity index (χ1) is 12.4. The first-order valence-corrected chi connectivity index (χ1v) is 8.45. The van der Waals surface area contributed by atoms with Crippen molar-refractivity contribution < 1.29 is 23.8 Å². The van der Waals surface area contributed by atoms with Crippen molar-refractivity contribution in [3.8, 4) is 5.75 Å². The second kappa shape index (κ2) is 7.74. The number of carbonyl (C=O) groups excluding carboxylic acids is 1. The zero-order valence-corrected chi connectivity index (χ0v) is 14.5. The Labute approximate surface area is 153 Å². The van der Waals surface area contributed by atoms with Crippen LogP contribution in [0.5, 0.6) is 5.75 Å². The van der Waals surface area contributed by atoms with Crippen LogP contribution in [0.15, 0.2) is 30.6 Å². The minimum atomic E-state index is -1.01. The number of hydrogen-bond donors (Lipinski definition) is 1. The van der Waals surface area contributed by atoms with Crippen LogP contribution in [0.1, 0.15) is 29.2 Å². The molecule has 0 bridgehead atoms. The van der Waals surface area contributed by atoms with Gasteiger partial charge in [-0.1, -0.05) is 11.6 Å². The van der Waals surface area contributed by atoms with E-state index in [1.807, 2.05) is 0 Å². The summed E-state index contributed by atoms with van der Waals surface area (Å²) >= 11 is 5.87. The molecule has 9 heteroatoms. The average molecular weight is 382 g/mol. The van der Waals surface area contributed by atoms with E-state index in [-0.39, 0.29) is 34.9 Å². The largest absolute Gasteiger partial charge is 0.482 e. The van der Waals surface area contributed by atoms with Gasteiger partial charge in [0.05, 0.1) is 22.8 Å². The number of amides is 1. The van der Waals surface area contributed by atoms with Gasteiger partial charge in [0.2, 0.25) is 0 Å². The quantitative estimate of drug-likeness (QED) is 0.860. The second-order valence-electron chi connectivity index (χ2n) is 5.99. The van der Waals surface area contributed by atoms with Crippen LogP contribution in [-0.4, -0.2) is 51.4 Å². The molecule has 2 aromatic rings. The molecule has 1 saturated heterocycles. The molecule has 138 valence electrons. The summed E-state index contributed by atoms with van der Waals surface area (Å²) < 4.78 is 20.0. The highest BCUT2D eigenvalue weighted by Crippen LogP contribution is 2.26. The van der Waals surface area contributed by atoms with Crippen molar-refractivity contribution >= 4 is 23.5 Å². The number of aromatic carboxylic acids is 1. The fourth-order valence-corrected chi connectivity index (χ4v) is 3.07. The van der Waals surface area contributed by atoms with Gasteiger partial charge in [-0.2, -0.15) is 5.10 Å². The van der Waals surface area contributed by atoms with Gasteiger partial charge in [0.15, 0.2) is 6.61 Å². The van der Waals surface area contributed by atoms with Crippen LogP contribution in [0, 0.1) is 5.82 Å². The highest BCUT2D eigenvalue weighted by molar-refractivity contribution is 6.32. The van der Waals surface area contributed by atoms with Gasteiger partial charge in [0.25, 0.3) is 5.91 Å². The summed E-state index contributed by atoms with van der Waals surface area (Å²) in [7, 11) is 0. The summed E-state index contributed by atoms with van der Waals surface area (Å²) in [6.07, 6.45) is 4.16. The molecule has 0 atom stereocenters. The Hall–Kier alpha value is -2.61. The summed E-state index contributed by atoms with van der Waals surface area (Å²) in [5.41, 5.74) is 0.146. The molecule has 0 radical (unpaired) electrons. The third-order valence-corrected chi connectivity index (χ3v) is 4.58. The molecule has 3 rings (SSSR count). The zero-order valence-electron chi connectivity index (χ0n) is 13.8. The Balaban J connectivity index is 1.50. The van der Waals surface area contributed by atoms with Crippen LogP contribution < -0.4 is 4.74 Å². The summed E-state index contributed by atoms with van der Waals surface area (Å²) in [4.78, 5) is 24.9. The first-order valence-electron chi connectivity index (χ1n) is 8.07. The Morgan fingerprint density at radius 1 is 1.35 bits per heavy atom. The minimum absolute atomic E-state index is 0.0552. The number of carboxylic acids is 1. The molecular weight excluding hydrogens is 365 g/mol. The Kier molecular flexibility index (Phi) is 5.41. The first kappa shape index (κ1) is 18.2. The van der Waals surface area contributed by atoms with E-state index in [1.165, 1.54) is 24.5 Å². The molecule has 26 heavy (non-hydrogen) atoms. The molecule has 7 nitrogen and oxygen atoms in total. The topological polar surface area (TPSA) is 84.7 Å². The number of halogens is 2. The van der Waals surface area contributed by atoms with E-state index < -0.39 is 11.8 Å². The van der Waals surface area contributed by atoms with Crippen molar-refractivity contribution in [1.29, 1.82) is 0 Å². The van der Waals surface area contributed by atoms with E-state index in [0.29, 0.717) is 25.9 Å². The maximum atomic E-state index is 13.0. The van der Waals surface area contributed by atoms with Gasteiger partial charge in [0, 0.05) is 19.3 Å². The molecule has 1 N–H and O–H groups in total. The molecule has 1 aliphatic rings. The molecule has 1 aromatic heterocycles. The zero-order chi connectivity index (χ0) is 18.7. The molecule has 0 aliphatic carbocycles. The molecule has 0 saturated carbocycles. The number of likely N-dealkylation sites (tertiary alicyclic amines) is 1. The van der Waals surface area contributed by atoms with Crippen LogP contribution in [0.25, 0.3) is 0 Å². The fraction of sp³-hybridized carbons (Fsp3) is 0.353. The molecule has 0 unspecified atom stereocenters. The lowest BCUT2D eigenvalue weighted by Crippen LogP contribution is -2.41. The van der Waals surface area contributed by atoms with Crippen LogP contribution in [0.4, 0.5) is 4.39 Å². The Bertz CT molecular complexity index is 818. The summed E-state index contributed by atoms with van der Waals surface area (Å²) in [5.74, 6) is -1.41. The number of rotatable bonds is 5. The third-order valence-electron chi connectivity index (χ3n) is 4.28. The van der Waals surface area contributed by atoms with Gasteiger partial charge >= 0.3 is 5.97 Å². The summed E-state index contributed by atoms with van der Waals surface area (Å²) in [6.45, 7) is 0.861. The van der Waals surface area contributed by atoms with Crippen LogP contribution >= 0.6 is 11.6 Å². The number of nitrogens with zero attached hydrogens (tertiary/aromatic N) is 3. The van der Waals surface area contributed by atoms with Gasteiger partial charge in [0.1, 0.15) is 11.6 Å². The molecule has 1 aliphatic heterocycles. The molecule has 0 spiro atoms. The smallest absolute Gasteiger partial charge is 0.338 e. The van der Waals surface area contributed by atoms with Crippen LogP contribution in [0.3, 0.4) is 0 Å². The molecule has 1 aromatic carbocycles. The highest BCUT2D eigenvalue weighted by atomic mass is 35.5. The number of aromatic nitrogens is 2. The summed E-state index contributed by atoms with van der Waals surface area (Å²) in [5, 5.41) is 13.2. The SMILES string of the molecule is O=C(O)c1cnn(C2CCN(C(=O)COc3ccc(F)cc3Cl)CC2)c1. The second-order valence-corrected chi connectivity index (χ2v) is 6.40. The predicted octanol–water partition coefficient (Wildman–Crippen LogP) is 2.62. The lowest BCUT2D eigenvalue weighted by atomic mass is 10.1. The average Bonchev–Trinajstić information content (AvgIpc) is 3.11. The molecule has 1 amide bonds. The van der Waals surface area contributed by atoms with Crippen molar-refractivity contribution in [3.63, 3.8) is 0 Å². The van der Waals surface area contributed by atoms with Gasteiger partial charge in [-0.3, -0.25) is 9.48 Å². The lowest BCUT2D eigenvalue weighted by molar-refractivity contribution is -0.134. The highest BCUT2D eigenvalue weighted by Gasteiger charge is 2.25. The Morgan fingerprint density at radius 3 is 2.69 bits per heavy atom. The number of carbonyl (C=O) groups is 2. The number of benzene rings is 1. The lowest BCUT2D eigenvalue weighted by Gasteiger charge is -2.32. The molecule has 1 fully saturated rings. The van der Waals surface area contributed by atoms with Crippen molar-refractivity contribution in [2.24, 2.45) is 0 Å². The van der Waals surface area contributed by atoms with Gasteiger partial charge in [-0.15, -0.1) is 0 Å². The van der Waals surface area contributed by atoms with E-state index >= 15 is 0 Å². The van der Waals surface area contributed by atoms with E-state index in [2.05, 4.69) is 5.10 Å². The number of hydrogen-bond acceptors (Lipinski definition) is 4. The maximum absolute atomic E-state index is 13.0. The van der Waals surface area contributed by atoms with Crippen molar-refractivity contribution in [1.82, 2.24) is 14.7 Å². The summed E-state index contributed by atoms with van der Waals surface area (Å²) in [6, 6.07) is 3.78. The monoisotopic (exact) mass is 381 g/mol. The Morgan fingerprint density at radius 2 is 2.08 bits per heavy atom. The number of piperidine rings is 1. The normalized spacial score (nSPS) is 15.1. The van der Waals surface area contributed by atoms with Gasteiger partial charge in [-0.05, 0) is 31.0 Å². The van der Waals surface area contributed by atoms with Crippen molar-refractivity contribution in [2.45, 2.75) is 18.9 Å². The fourth-order valence-electron chi connectivity index (χ4n) is 2.85. The van der Waals surface area contributed by atoms with E-state index in [0.717, 1.165) is 6.07 Å². The number of ether oxygens (including phenoxy) is 1. The van der Waals surface area contributed by atoms with Crippen molar-refractivity contribution in [3.05, 3.63) is 47.0 Å². The third kappa shape index (κ3) is 4.13. The van der Waals surface area contributed by atoms with E-state index in [4.69, 9.17) is 21.4 Å². The van der Waals surface area contributed by atoms with E-state index in [1.54, 1.807) is 9.58 Å². The van der Waals surface area contributed by atoms with Crippen molar-refractivity contribution in [2.75, 3.05) is 19.7 Å². The van der Waals surface area contributed by atoms with Gasteiger partial charge in [-0.25, -0.2) is 9.18 Å². The standard InChI is InChI=1S/C17H17ClFN3O4/c18-14-7-12(19)1-2-15(14)26-10-16(23)21-5-3-13(4-6-21)22-9-11(8-20-22)17(24)25/h1-2,7-9,13H,3-6,10H2,(H,24,25). The predicted molar refractivity (Wildman–Crippen MR) is 90.9 cm³/mol. The maximum Gasteiger partial charge on any atom is 0.338 e. The van der Waals surface area contributed by atoms with Gasteiger partial charge < -0.3 is 14.7 Å². The van der Waals surface area contributed by atoms with Crippen LogP contribution in [-0.2, 0) is 4.79 Å².